The summed E-state index contributed by atoms with van der Waals surface area (Å²) < 4.78 is 0. The molecule has 0 fully saturated rings. The average Bonchev–Trinajstić information content (AvgIpc) is 2.70. The van der Waals surface area contributed by atoms with Crippen molar-refractivity contribution >= 4 is 29.0 Å². The van der Waals surface area contributed by atoms with Crippen molar-refractivity contribution in [3.63, 3.8) is 0 Å². The van der Waals surface area contributed by atoms with Gasteiger partial charge in [-0.2, -0.15) is 10.2 Å². The van der Waals surface area contributed by atoms with Gasteiger partial charge < -0.3 is 16.0 Å². The first-order valence-corrected chi connectivity index (χ1v) is 9.13. The van der Waals surface area contributed by atoms with Crippen molar-refractivity contribution in [2.75, 3.05) is 17.7 Å². The van der Waals surface area contributed by atoms with Crippen LogP contribution in [0, 0.1) is 32.1 Å². The summed E-state index contributed by atoms with van der Waals surface area (Å²) in [4.78, 5) is 21.0. The van der Waals surface area contributed by atoms with Crippen LogP contribution in [0.3, 0.4) is 0 Å². The lowest BCUT2D eigenvalue weighted by molar-refractivity contribution is 0.0958. The Morgan fingerprint density at radius 2 is 1.62 bits per heavy atom. The van der Waals surface area contributed by atoms with Gasteiger partial charge in [-0.05, 0) is 56.2 Å². The van der Waals surface area contributed by atoms with Gasteiger partial charge in [0.2, 0.25) is 5.95 Å². The van der Waals surface area contributed by atoms with Crippen molar-refractivity contribution in [3.05, 3.63) is 70.4 Å². The van der Waals surface area contributed by atoms with Crippen LogP contribution in [-0.2, 0) is 0 Å². The number of rotatable bonds is 5. The van der Waals surface area contributed by atoms with Crippen LogP contribution in [-0.4, -0.2) is 22.9 Å². The predicted octanol–water partition coefficient (Wildman–Crippen LogP) is 4.12. The normalized spacial score (nSPS) is 10.2. The van der Waals surface area contributed by atoms with Gasteiger partial charge in [0.25, 0.3) is 5.91 Å². The van der Waals surface area contributed by atoms with Crippen molar-refractivity contribution in [2.24, 2.45) is 0 Å². The van der Waals surface area contributed by atoms with E-state index in [2.05, 4.69) is 51.0 Å². The van der Waals surface area contributed by atoms with Crippen molar-refractivity contribution in [3.8, 4) is 6.07 Å². The zero-order chi connectivity index (χ0) is 21.0. The number of carbonyl (C=O) groups excluding carboxylic acids is 1. The van der Waals surface area contributed by atoms with Crippen LogP contribution in [0.2, 0.25) is 0 Å². The number of hydrogen-bond acceptors (Lipinski definition) is 6. The van der Waals surface area contributed by atoms with Crippen LogP contribution in [0.15, 0.2) is 42.5 Å². The SMILES string of the molecule is CNC(=O)c1cc(Nc2c(C)cc(C)cc2C)nc(Nc2ccc(C#N)cc2)n1. The van der Waals surface area contributed by atoms with Gasteiger partial charge in [0, 0.05) is 24.5 Å². The van der Waals surface area contributed by atoms with Crippen LogP contribution in [0.25, 0.3) is 0 Å². The number of nitriles is 1. The number of nitrogens with zero attached hydrogens (tertiary/aromatic N) is 3. The standard InChI is InChI=1S/C22H22N6O/c1-13-9-14(2)20(15(3)10-13)27-19-11-18(21(29)24-4)26-22(28-19)25-17-7-5-16(12-23)6-8-17/h5-11H,1-4H3,(H,24,29)(H2,25,26,27,28). The molecule has 0 atom stereocenters. The van der Waals surface area contributed by atoms with E-state index in [9.17, 15) is 4.79 Å². The van der Waals surface area contributed by atoms with Gasteiger partial charge in [0.05, 0.1) is 11.6 Å². The van der Waals surface area contributed by atoms with Crippen molar-refractivity contribution < 1.29 is 4.79 Å². The third-order valence-electron chi connectivity index (χ3n) is 4.39. The Hall–Kier alpha value is -3.92. The molecule has 146 valence electrons. The Kier molecular flexibility index (Phi) is 5.74. The van der Waals surface area contributed by atoms with Crippen molar-refractivity contribution in [1.82, 2.24) is 15.3 Å². The quantitative estimate of drug-likeness (QED) is 0.609. The summed E-state index contributed by atoms with van der Waals surface area (Å²) in [5, 5.41) is 17.9. The van der Waals surface area contributed by atoms with Crippen molar-refractivity contribution in [2.45, 2.75) is 20.8 Å². The smallest absolute Gasteiger partial charge is 0.269 e. The fourth-order valence-electron chi connectivity index (χ4n) is 3.07. The topological polar surface area (TPSA) is 103 Å². The molecule has 0 spiro atoms. The molecule has 3 aromatic rings. The predicted molar refractivity (Wildman–Crippen MR) is 114 cm³/mol. The molecule has 0 aliphatic carbocycles. The van der Waals surface area contributed by atoms with E-state index < -0.39 is 0 Å². The molecule has 0 bridgehead atoms. The molecule has 7 nitrogen and oxygen atoms in total. The van der Waals surface area contributed by atoms with Gasteiger partial charge in [-0.25, -0.2) is 4.98 Å². The molecule has 1 heterocycles. The van der Waals surface area contributed by atoms with E-state index >= 15 is 0 Å². The Labute approximate surface area is 169 Å². The van der Waals surface area contributed by atoms with Gasteiger partial charge in [0.15, 0.2) is 0 Å². The summed E-state index contributed by atoms with van der Waals surface area (Å²) >= 11 is 0. The van der Waals surface area contributed by atoms with Gasteiger partial charge in [-0.1, -0.05) is 17.7 Å². The summed E-state index contributed by atoms with van der Waals surface area (Å²) in [6.07, 6.45) is 0. The second kappa shape index (κ2) is 8.40. The van der Waals surface area contributed by atoms with E-state index in [1.807, 2.05) is 13.8 Å². The van der Waals surface area contributed by atoms with E-state index in [1.165, 1.54) is 5.56 Å². The fourth-order valence-corrected chi connectivity index (χ4v) is 3.07. The third kappa shape index (κ3) is 4.68. The molecule has 1 aromatic heterocycles. The van der Waals surface area contributed by atoms with Crippen LogP contribution in [0.4, 0.5) is 23.1 Å². The lowest BCUT2D eigenvalue weighted by Gasteiger charge is -2.15. The molecule has 0 radical (unpaired) electrons. The van der Waals surface area contributed by atoms with Crippen LogP contribution in [0.5, 0.6) is 0 Å². The Morgan fingerprint density at radius 1 is 0.966 bits per heavy atom. The van der Waals surface area contributed by atoms with Gasteiger partial charge in [0.1, 0.15) is 11.5 Å². The lowest BCUT2D eigenvalue weighted by Crippen LogP contribution is -2.20. The molecule has 0 saturated heterocycles. The molecule has 0 unspecified atom stereocenters. The molecule has 1 amide bonds. The Bertz CT molecular complexity index is 1080. The average molecular weight is 386 g/mol. The summed E-state index contributed by atoms with van der Waals surface area (Å²) in [5.74, 6) is 0.473. The number of amides is 1. The van der Waals surface area contributed by atoms with Crippen LogP contribution < -0.4 is 16.0 Å². The maximum Gasteiger partial charge on any atom is 0.269 e. The highest BCUT2D eigenvalue weighted by atomic mass is 16.1. The number of aromatic nitrogens is 2. The highest BCUT2D eigenvalue weighted by Gasteiger charge is 2.13. The molecule has 7 heteroatoms. The number of anilines is 4. The van der Waals surface area contributed by atoms with E-state index in [0.717, 1.165) is 16.8 Å². The second-order valence-corrected chi connectivity index (χ2v) is 6.75. The maximum atomic E-state index is 12.2. The van der Waals surface area contributed by atoms with Gasteiger partial charge in [-0.15, -0.1) is 0 Å². The summed E-state index contributed by atoms with van der Waals surface area (Å²) in [6.45, 7) is 6.11. The minimum Gasteiger partial charge on any atom is -0.354 e. The zero-order valence-corrected chi connectivity index (χ0v) is 16.8. The minimum absolute atomic E-state index is 0.239. The molecule has 0 aliphatic rings. The lowest BCUT2D eigenvalue weighted by atomic mass is 10.1. The first kappa shape index (κ1) is 19.8. The highest BCUT2D eigenvalue weighted by Crippen LogP contribution is 2.26. The Morgan fingerprint density at radius 3 is 2.21 bits per heavy atom. The minimum atomic E-state index is -0.310. The molecule has 3 N–H and O–H groups in total. The zero-order valence-electron chi connectivity index (χ0n) is 16.8. The first-order chi connectivity index (χ1) is 13.9. The molecular formula is C22H22N6O. The van der Waals surface area contributed by atoms with E-state index in [1.54, 1.807) is 37.4 Å². The molecule has 0 aliphatic heterocycles. The maximum absolute atomic E-state index is 12.2. The molecule has 2 aromatic carbocycles. The molecular weight excluding hydrogens is 364 g/mol. The summed E-state index contributed by atoms with van der Waals surface area (Å²) in [5.41, 5.74) is 5.82. The van der Waals surface area contributed by atoms with Crippen LogP contribution >= 0.6 is 0 Å². The number of carbonyl (C=O) groups is 1. The molecule has 0 saturated carbocycles. The first-order valence-electron chi connectivity index (χ1n) is 9.13. The monoisotopic (exact) mass is 386 g/mol. The summed E-state index contributed by atoms with van der Waals surface area (Å²) in [7, 11) is 1.56. The highest BCUT2D eigenvalue weighted by molar-refractivity contribution is 5.93. The van der Waals surface area contributed by atoms with E-state index in [4.69, 9.17) is 5.26 Å². The van der Waals surface area contributed by atoms with Crippen LogP contribution in [0.1, 0.15) is 32.7 Å². The van der Waals surface area contributed by atoms with Gasteiger partial charge >= 0.3 is 0 Å². The Balaban J connectivity index is 1.97. The third-order valence-corrected chi connectivity index (χ3v) is 4.39. The van der Waals surface area contributed by atoms with E-state index in [-0.39, 0.29) is 17.5 Å². The second-order valence-electron chi connectivity index (χ2n) is 6.75. The molecule has 3 rings (SSSR count). The largest absolute Gasteiger partial charge is 0.354 e. The number of nitrogens with one attached hydrogen (secondary N) is 3. The fraction of sp³-hybridized carbons (Fsp3) is 0.182. The van der Waals surface area contributed by atoms with Gasteiger partial charge in [-0.3, -0.25) is 4.79 Å². The number of aryl methyl sites for hydroxylation is 3. The van der Waals surface area contributed by atoms with Crippen molar-refractivity contribution in [1.29, 1.82) is 5.26 Å². The number of benzene rings is 2. The number of hydrogen-bond donors (Lipinski definition) is 3. The van der Waals surface area contributed by atoms with E-state index in [0.29, 0.717) is 17.1 Å². The molecule has 29 heavy (non-hydrogen) atoms. The summed E-state index contributed by atoms with van der Waals surface area (Å²) in [6, 6.07) is 14.8.